The minimum atomic E-state index is -0.498. The van der Waals surface area contributed by atoms with Crippen LogP contribution in [0, 0.1) is 6.92 Å². The number of para-hydroxylation sites is 1. The molecule has 27 heavy (non-hydrogen) atoms. The highest BCUT2D eigenvalue weighted by atomic mass is 16.5. The minimum Gasteiger partial charge on any atom is -0.465 e. The molecule has 6 heteroatoms. The molecule has 1 aromatic heterocycles. The first-order valence-electron chi connectivity index (χ1n) is 8.35. The number of anilines is 1. The number of carbonyl (C=O) groups is 2. The van der Waals surface area contributed by atoms with Gasteiger partial charge in [-0.25, -0.2) is 9.48 Å². The van der Waals surface area contributed by atoms with Gasteiger partial charge in [-0.05, 0) is 37.3 Å². The van der Waals surface area contributed by atoms with Crippen LogP contribution in [0.5, 0.6) is 0 Å². The quantitative estimate of drug-likeness (QED) is 0.556. The number of aryl methyl sites for hydroxylation is 1. The average Bonchev–Trinajstić information content (AvgIpc) is 3.17. The minimum absolute atomic E-state index is 0.316. The molecule has 0 bridgehead atoms. The number of rotatable bonds is 5. The van der Waals surface area contributed by atoms with E-state index in [1.54, 1.807) is 29.1 Å². The Balaban J connectivity index is 1.72. The molecule has 3 rings (SSSR count). The van der Waals surface area contributed by atoms with Gasteiger partial charge in [-0.1, -0.05) is 29.8 Å². The molecule has 0 saturated heterocycles. The standard InChI is InChI=1S/C21H19N3O3/c1-15-8-10-19(18(12-15)21(26)27-2)23-20(25)11-9-16-13-22-24(14-16)17-6-4-3-5-7-17/h3-14H,1-2H3,(H,23,25)/b11-9+. The van der Waals surface area contributed by atoms with Crippen LogP contribution in [0.15, 0.2) is 67.0 Å². The molecule has 2 aromatic carbocycles. The van der Waals surface area contributed by atoms with Gasteiger partial charge in [0.25, 0.3) is 0 Å². The fraction of sp³-hybridized carbons (Fsp3) is 0.0952. The number of carbonyl (C=O) groups excluding carboxylic acids is 2. The molecule has 6 nitrogen and oxygen atoms in total. The number of methoxy groups -OCH3 is 1. The molecular formula is C21H19N3O3. The Kier molecular flexibility index (Phi) is 5.47. The molecule has 1 heterocycles. The Labute approximate surface area is 157 Å². The van der Waals surface area contributed by atoms with E-state index in [1.165, 1.54) is 13.2 Å². The average molecular weight is 361 g/mol. The summed E-state index contributed by atoms with van der Waals surface area (Å²) in [6.45, 7) is 1.86. The van der Waals surface area contributed by atoms with E-state index in [9.17, 15) is 9.59 Å². The Morgan fingerprint density at radius 1 is 1.15 bits per heavy atom. The summed E-state index contributed by atoms with van der Waals surface area (Å²) in [5, 5.41) is 6.99. The summed E-state index contributed by atoms with van der Waals surface area (Å²) in [4.78, 5) is 24.1. The van der Waals surface area contributed by atoms with Crippen LogP contribution in [-0.2, 0) is 9.53 Å². The summed E-state index contributed by atoms with van der Waals surface area (Å²) in [7, 11) is 1.31. The molecule has 0 aliphatic rings. The second-order valence-electron chi connectivity index (χ2n) is 5.92. The smallest absolute Gasteiger partial charge is 0.339 e. The van der Waals surface area contributed by atoms with E-state index in [0.29, 0.717) is 11.3 Å². The largest absolute Gasteiger partial charge is 0.465 e. The fourth-order valence-electron chi connectivity index (χ4n) is 2.54. The molecule has 0 fully saturated rings. The van der Waals surface area contributed by atoms with Gasteiger partial charge in [-0.15, -0.1) is 0 Å². The lowest BCUT2D eigenvalue weighted by molar-refractivity contribution is -0.111. The van der Waals surface area contributed by atoms with Crippen LogP contribution >= 0.6 is 0 Å². The van der Waals surface area contributed by atoms with Crippen LogP contribution in [0.3, 0.4) is 0 Å². The Morgan fingerprint density at radius 2 is 1.93 bits per heavy atom. The number of benzene rings is 2. The summed E-state index contributed by atoms with van der Waals surface area (Å²) in [5.41, 5.74) is 3.34. The Hall–Kier alpha value is -3.67. The van der Waals surface area contributed by atoms with Crippen LogP contribution in [-0.4, -0.2) is 28.8 Å². The zero-order chi connectivity index (χ0) is 19.2. The van der Waals surface area contributed by atoms with E-state index >= 15 is 0 Å². The zero-order valence-electron chi connectivity index (χ0n) is 15.0. The van der Waals surface area contributed by atoms with Crippen molar-refractivity contribution in [1.82, 2.24) is 9.78 Å². The SMILES string of the molecule is COC(=O)c1cc(C)ccc1NC(=O)/C=C/c1cnn(-c2ccccc2)c1. The molecule has 0 unspecified atom stereocenters. The van der Waals surface area contributed by atoms with Crippen molar-refractivity contribution in [3.05, 3.63) is 83.7 Å². The van der Waals surface area contributed by atoms with Crippen LogP contribution in [0.25, 0.3) is 11.8 Å². The molecule has 0 spiro atoms. The molecule has 3 aromatic rings. The van der Waals surface area contributed by atoms with Gasteiger partial charge in [0.05, 0.1) is 30.2 Å². The van der Waals surface area contributed by atoms with E-state index in [-0.39, 0.29) is 5.91 Å². The number of aromatic nitrogens is 2. The van der Waals surface area contributed by atoms with E-state index in [0.717, 1.165) is 16.8 Å². The van der Waals surface area contributed by atoms with Gasteiger partial charge in [0.2, 0.25) is 5.91 Å². The van der Waals surface area contributed by atoms with Gasteiger partial charge in [0, 0.05) is 17.8 Å². The predicted molar refractivity (Wildman–Crippen MR) is 104 cm³/mol. The third kappa shape index (κ3) is 4.49. The highest BCUT2D eigenvalue weighted by Crippen LogP contribution is 2.18. The molecule has 0 radical (unpaired) electrons. The highest BCUT2D eigenvalue weighted by Gasteiger charge is 2.13. The van der Waals surface area contributed by atoms with Gasteiger partial charge in [-0.3, -0.25) is 4.79 Å². The van der Waals surface area contributed by atoms with Crippen molar-refractivity contribution in [2.75, 3.05) is 12.4 Å². The first-order valence-corrected chi connectivity index (χ1v) is 8.35. The van der Waals surface area contributed by atoms with E-state index in [1.807, 2.05) is 49.5 Å². The van der Waals surface area contributed by atoms with Gasteiger partial charge in [0.15, 0.2) is 0 Å². The monoisotopic (exact) mass is 361 g/mol. The lowest BCUT2D eigenvalue weighted by atomic mass is 10.1. The van der Waals surface area contributed by atoms with Crippen molar-refractivity contribution >= 4 is 23.6 Å². The number of ether oxygens (including phenoxy) is 1. The molecule has 1 N–H and O–H groups in total. The topological polar surface area (TPSA) is 73.2 Å². The summed E-state index contributed by atoms with van der Waals surface area (Å²) in [6.07, 6.45) is 6.55. The molecule has 0 aliphatic heterocycles. The lowest BCUT2D eigenvalue weighted by Gasteiger charge is -2.09. The first-order chi connectivity index (χ1) is 13.1. The number of esters is 1. The third-order valence-corrected chi connectivity index (χ3v) is 3.89. The summed E-state index contributed by atoms with van der Waals surface area (Å²) < 4.78 is 6.50. The van der Waals surface area contributed by atoms with Crippen LogP contribution < -0.4 is 5.32 Å². The third-order valence-electron chi connectivity index (χ3n) is 3.89. The van der Waals surface area contributed by atoms with E-state index < -0.39 is 5.97 Å². The van der Waals surface area contributed by atoms with Crippen molar-refractivity contribution in [2.45, 2.75) is 6.92 Å². The maximum Gasteiger partial charge on any atom is 0.339 e. The van der Waals surface area contributed by atoms with Gasteiger partial charge < -0.3 is 10.1 Å². The molecule has 136 valence electrons. The van der Waals surface area contributed by atoms with Crippen molar-refractivity contribution in [2.24, 2.45) is 0 Å². The molecule has 0 aliphatic carbocycles. The second-order valence-corrected chi connectivity index (χ2v) is 5.92. The lowest BCUT2D eigenvalue weighted by Crippen LogP contribution is -2.13. The summed E-state index contributed by atoms with van der Waals surface area (Å²) >= 11 is 0. The summed E-state index contributed by atoms with van der Waals surface area (Å²) in [6, 6.07) is 14.9. The van der Waals surface area contributed by atoms with Crippen LogP contribution in [0.4, 0.5) is 5.69 Å². The summed E-state index contributed by atoms with van der Waals surface area (Å²) in [5.74, 6) is -0.849. The number of nitrogens with zero attached hydrogens (tertiary/aromatic N) is 2. The molecule has 0 saturated carbocycles. The maximum absolute atomic E-state index is 12.2. The highest BCUT2D eigenvalue weighted by molar-refractivity contribution is 6.06. The van der Waals surface area contributed by atoms with Gasteiger partial charge >= 0.3 is 5.97 Å². The van der Waals surface area contributed by atoms with E-state index in [4.69, 9.17) is 4.74 Å². The van der Waals surface area contributed by atoms with Crippen LogP contribution in [0.1, 0.15) is 21.5 Å². The molecular weight excluding hydrogens is 342 g/mol. The maximum atomic E-state index is 12.2. The molecule has 1 amide bonds. The Bertz CT molecular complexity index is 991. The van der Waals surface area contributed by atoms with Crippen molar-refractivity contribution in [3.63, 3.8) is 0 Å². The normalized spacial score (nSPS) is 10.7. The second kappa shape index (κ2) is 8.14. The van der Waals surface area contributed by atoms with Crippen LogP contribution in [0.2, 0.25) is 0 Å². The fourth-order valence-corrected chi connectivity index (χ4v) is 2.54. The number of nitrogens with one attached hydrogen (secondary N) is 1. The van der Waals surface area contributed by atoms with Gasteiger partial charge in [0.1, 0.15) is 0 Å². The van der Waals surface area contributed by atoms with Crippen molar-refractivity contribution in [1.29, 1.82) is 0 Å². The van der Waals surface area contributed by atoms with E-state index in [2.05, 4.69) is 10.4 Å². The number of amides is 1. The van der Waals surface area contributed by atoms with Gasteiger partial charge in [-0.2, -0.15) is 5.10 Å². The Morgan fingerprint density at radius 3 is 2.67 bits per heavy atom. The number of hydrogen-bond donors (Lipinski definition) is 1. The number of hydrogen-bond acceptors (Lipinski definition) is 4. The predicted octanol–water partition coefficient (Wildman–Crippen LogP) is 3.62. The molecule has 0 atom stereocenters. The van der Waals surface area contributed by atoms with Crippen molar-refractivity contribution in [3.8, 4) is 5.69 Å². The first kappa shape index (κ1) is 18.1. The van der Waals surface area contributed by atoms with Crippen molar-refractivity contribution < 1.29 is 14.3 Å². The zero-order valence-corrected chi connectivity index (χ0v) is 15.0.